The third-order valence-electron chi connectivity index (χ3n) is 4.11. The van der Waals surface area contributed by atoms with E-state index in [0.717, 1.165) is 5.56 Å². The lowest BCUT2D eigenvalue weighted by Crippen LogP contribution is -2.29. The summed E-state index contributed by atoms with van der Waals surface area (Å²) in [5.41, 5.74) is 2.70. The molecule has 0 heterocycles. The van der Waals surface area contributed by atoms with Gasteiger partial charge in [-0.15, -0.1) is 0 Å². The van der Waals surface area contributed by atoms with E-state index in [9.17, 15) is 13.6 Å². The molecule has 0 aliphatic carbocycles. The van der Waals surface area contributed by atoms with Gasteiger partial charge < -0.3 is 9.29 Å². The highest BCUT2D eigenvalue weighted by Gasteiger charge is 2.14. The molecular weight excluding hydrogens is 376 g/mol. The molecule has 0 N–H and O–H groups in total. The second-order valence-electron chi connectivity index (χ2n) is 6.10. The number of hydrogen-bond acceptors (Lipinski definition) is 4. The largest absolute Gasteiger partial charge is 0.755 e. The van der Waals surface area contributed by atoms with Crippen LogP contribution in [0, 0.1) is 6.92 Å². The van der Waals surface area contributed by atoms with E-state index < -0.39 is 17.4 Å². The van der Waals surface area contributed by atoms with Crippen LogP contribution in [0.15, 0.2) is 78.9 Å². The smallest absolute Gasteiger partial charge is 0.419 e. The van der Waals surface area contributed by atoms with E-state index >= 15 is 0 Å². The number of aryl methyl sites for hydroxylation is 1. The molecule has 1 amide bonds. The number of benzene rings is 3. The zero-order valence-electron chi connectivity index (χ0n) is 15.4. The number of rotatable bonds is 5. The van der Waals surface area contributed by atoms with Gasteiger partial charge in [0, 0.05) is 12.7 Å². The van der Waals surface area contributed by atoms with Crippen LogP contribution >= 0.6 is 0 Å². The quantitative estimate of drug-likeness (QED) is 0.594. The summed E-state index contributed by atoms with van der Waals surface area (Å²) in [6.45, 7) is 1.93. The van der Waals surface area contributed by atoms with Gasteiger partial charge in [-0.1, -0.05) is 35.9 Å². The summed E-state index contributed by atoms with van der Waals surface area (Å²) < 4.78 is 30.0. The van der Waals surface area contributed by atoms with E-state index in [0.29, 0.717) is 22.8 Å². The number of amides is 1. The summed E-state index contributed by atoms with van der Waals surface area (Å²) in [5.74, 6) is 0.317. The van der Waals surface area contributed by atoms with Crippen molar-refractivity contribution in [1.82, 2.24) is 0 Å². The predicted octanol–water partition coefficient (Wildman–Crippen LogP) is 4.56. The van der Waals surface area contributed by atoms with Gasteiger partial charge in [0.05, 0.1) is 22.6 Å². The zero-order valence-corrected chi connectivity index (χ0v) is 16.3. The molecule has 28 heavy (non-hydrogen) atoms. The van der Waals surface area contributed by atoms with Crippen molar-refractivity contribution in [3.8, 4) is 5.75 Å². The Kier molecular flexibility index (Phi) is 6.08. The fourth-order valence-electron chi connectivity index (χ4n) is 2.58. The van der Waals surface area contributed by atoms with E-state index in [4.69, 9.17) is 4.74 Å². The molecule has 6 nitrogen and oxygen atoms in total. The summed E-state index contributed by atoms with van der Waals surface area (Å²) in [6, 6.07) is 22.5. The van der Waals surface area contributed by atoms with Gasteiger partial charge in [-0.3, -0.25) is 13.4 Å². The Labute approximate surface area is 166 Å². The molecule has 3 aromatic rings. The third-order valence-corrected chi connectivity index (χ3v) is 4.83. The normalized spacial score (nSPS) is 11.5. The Morgan fingerprint density at radius 3 is 1.93 bits per heavy atom. The van der Waals surface area contributed by atoms with Crippen molar-refractivity contribution >= 4 is 34.4 Å². The molecule has 0 bridgehead atoms. The average Bonchev–Trinajstić information content (AvgIpc) is 2.70. The van der Waals surface area contributed by atoms with Gasteiger partial charge in [0.25, 0.3) is 0 Å². The van der Waals surface area contributed by atoms with E-state index in [-0.39, 0.29) is 0 Å². The molecule has 144 valence electrons. The molecule has 1 unspecified atom stereocenters. The first kappa shape index (κ1) is 19.6. The molecule has 0 saturated heterocycles. The predicted molar refractivity (Wildman–Crippen MR) is 110 cm³/mol. The standard InChI is InChI=1S/C21H20N2O4S/c1-16-8-10-18(11-9-16)23(28(25)26)19-12-14-20(15-13-19)27-21(24)22(2)17-6-4-3-5-7-17/h3-15H,1-2H3,(H,25,26)/p-1. The van der Waals surface area contributed by atoms with Gasteiger partial charge in [0.2, 0.25) is 0 Å². The monoisotopic (exact) mass is 395 g/mol. The Morgan fingerprint density at radius 2 is 1.39 bits per heavy atom. The van der Waals surface area contributed by atoms with Crippen LogP contribution in [0.3, 0.4) is 0 Å². The molecule has 1 atom stereocenters. The van der Waals surface area contributed by atoms with Crippen LogP contribution < -0.4 is 13.9 Å². The first-order chi connectivity index (χ1) is 13.5. The Hall–Kier alpha value is -3.16. The van der Waals surface area contributed by atoms with Crippen LogP contribution in [0.2, 0.25) is 0 Å². The van der Waals surface area contributed by atoms with E-state index in [1.165, 1.54) is 9.21 Å². The molecule has 0 saturated carbocycles. The van der Waals surface area contributed by atoms with Crippen molar-refractivity contribution in [2.45, 2.75) is 6.92 Å². The number of anilines is 3. The van der Waals surface area contributed by atoms with Crippen molar-refractivity contribution in [3.05, 3.63) is 84.4 Å². The highest BCUT2D eigenvalue weighted by Crippen LogP contribution is 2.29. The molecule has 3 rings (SSSR count). The first-order valence-corrected chi connectivity index (χ1v) is 9.56. The zero-order chi connectivity index (χ0) is 20.1. The lowest BCUT2D eigenvalue weighted by molar-refractivity contribution is 0.209. The lowest BCUT2D eigenvalue weighted by atomic mass is 10.2. The van der Waals surface area contributed by atoms with Crippen LogP contribution in [0.5, 0.6) is 5.75 Å². The molecule has 0 aliphatic rings. The topological polar surface area (TPSA) is 72.9 Å². The van der Waals surface area contributed by atoms with Gasteiger partial charge in [0.15, 0.2) is 0 Å². The van der Waals surface area contributed by atoms with E-state index in [2.05, 4.69) is 0 Å². The molecule has 7 heteroatoms. The van der Waals surface area contributed by atoms with Crippen LogP contribution in [0.4, 0.5) is 21.9 Å². The van der Waals surface area contributed by atoms with Gasteiger partial charge in [-0.2, -0.15) is 0 Å². The number of ether oxygens (including phenoxy) is 1. The van der Waals surface area contributed by atoms with Crippen molar-refractivity contribution < 1.29 is 18.3 Å². The minimum Gasteiger partial charge on any atom is -0.755 e. The number of carbonyl (C=O) groups excluding carboxylic acids is 1. The summed E-state index contributed by atoms with van der Waals surface area (Å²) in [4.78, 5) is 13.7. The Bertz CT molecular complexity index is 960. The van der Waals surface area contributed by atoms with Gasteiger partial charge in [0.1, 0.15) is 5.75 Å². The maximum Gasteiger partial charge on any atom is 0.419 e. The second-order valence-corrected chi connectivity index (χ2v) is 6.90. The minimum atomic E-state index is -2.49. The lowest BCUT2D eigenvalue weighted by Gasteiger charge is -2.26. The van der Waals surface area contributed by atoms with Crippen LogP contribution in [0.1, 0.15) is 5.56 Å². The number of nitrogens with zero attached hydrogens (tertiary/aromatic N) is 2. The van der Waals surface area contributed by atoms with Crippen molar-refractivity contribution in [1.29, 1.82) is 0 Å². The highest BCUT2D eigenvalue weighted by molar-refractivity contribution is 7.81. The molecule has 0 aliphatic heterocycles. The summed E-state index contributed by atoms with van der Waals surface area (Å²) in [7, 11) is 1.62. The van der Waals surface area contributed by atoms with Gasteiger partial charge >= 0.3 is 6.09 Å². The van der Waals surface area contributed by atoms with Gasteiger partial charge in [-0.05, 0) is 55.5 Å². The first-order valence-electron chi connectivity index (χ1n) is 8.52. The molecule has 0 radical (unpaired) electrons. The van der Waals surface area contributed by atoms with E-state index in [1.54, 1.807) is 55.6 Å². The van der Waals surface area contributed by atoms with Gasteiger partial charge in [-0.25, -0.2) is 4.79 Å². The molecule has 0 aromatic heterocycles. The fraction of sp³-hybridized carbons (Fsp3) is 0.0952. The molecular formula is C21H19N2O4S-. The number of carbonyl (C=O) groups is 1. The fourth-order valence-corrected chi connectivity index (χ4v) is 3.16. The summed E-state index contributed by atoms with van der Waals surface area (Å²) in [5, 5.41) is 0. The van der Waals surface area contributed by atoms with Crippen LogP contribution in [-0.4, -0.2) is 21.9 Å². The highest BCUT2D eigenvalue weighted by atomic mass is 32.2. The van der Waals surface area contributed by atoms with Crippen molar-refractivity contribution in [2.75, 3.05) is 16.3 Å². The van der Waals surface area contributed by atoms with Crippen LogP contribution in [0.25, 0.3) is 0 Å². The number of hydrogen-bond donors (Lipinski definition) is 0. The Morgan fingerprint density at radius 1 is 0.857 bits per heavy atom. The van der Waals surface area contributed by atoms with Crippen molar-refractivity contribution in [3.63, 3.8) is 0 Å². The molecule has 3 aromatic carbocycles. The minimum absolute atomic E-state index is 0.317. The van der Waals surface area contributed by atoms with E-state index in [1.807, 2.05) is 37.3 Å². The second kappa shape index (κ2) is 8.69. The summed E-state index contributed by atoms with van der Waals surface area (Å²) >= 11 is -2.49. The maximum atomic E-state index is 12.3. The summed E-state index contributed by atoms with van der Waals surface area (Å²) in [6.07, 6.45) is -0.540. The molecule has 0 fully saturated rings. The Balaban J connectivity index is 1.75. The van der Waals surface area contributed by atoms with Crippen LogP contribution in [-0.2, 0) is 11.3 Å². The average molecular weight is 395 g/mol. The molecule has 0 spiro atoms. The van der Waals surface area contributed by atoms with Crippen molar-refractivity contribution in [2.24, 2.45) is 0 Å². The maximum absolute atomic E-state index is 12.3. The third kappa shape index (κ3) is 4.57. The SMILES string of the molecule is Cc1ccc(N(c2ccc(OC(=O)N(C)c3ccccc3)cc2)S(=O)[O-])cc1. The number of para-hydroxylation sites is 1.